The second kappa shape index (κ2) is 8.37. The molecule has 2 rings (SSSR count). The molecule has 0 fully saturated rings. The Labute approximate surface area is 144 Å². The van der Waals surface area contributed by atoms with Gasteiger partial charge in [0.2, 0.25) is 0 Å². The standard InChI is InChI=1S/C19H26Ge2O/c1-20(2)16-15-19(22-21(3)4,17-11-7-5-8-12-17)18-13-9-6-10-14-18/h5-14H,15-16H2,1-4H3. The monoisotopic (exact) mass is 418 g/mol. The van der Waals surface area contributed by atoms with Gasteiger partial charge < -0.3 is 0 Å². The van der Waals surface area contributed by atoms with Gasteiger partial charge in [-0.05, 0) is 0 Å². The van der Waals surface area contributed by atoms with Crippen LogP contribution in [-0.4, -0.2) is 29.0 Å². The van der Waals surface area contributed by atoms with Crippen LogP contribution in [0.2, 0.25) is 28.3 Å². The van der Waals surface area contributed by atoms with E-state index in [1.807, 2.05) is 0 Å². The Morgan fingerprint density at radius 2 is 1.23 bits per heavy atom. The molecule has 2 radical (unpaired) electrons. The van der Waals surface area contributed by atoms with E-state index in [9.17, 15) is 0 Å². The molecular formula is C19H26Ge2O. The second-order valence-corrected chi connectivity index (χ2v) is 16.6. The van der Waals surface area contributed by atoms with E-state index in [1.165, 1.54) is 16.4 Å². The zero-order valence-corrected chi connectivity index (χ0v) is 18.3. The summed E-state index contributed by atoms with van der Waals surface area (Å²) < 4.78 is 6.75. The predicted molar refractivity (Wildman–Crippen MR) is 99.1 cm³/mol. The van der Waals surface area contributed by atoms with Crippen LogP contribution in [0.25, 0.3) is 0 Å². The molecule has 0 aliphatic carbocycles. The summed E-state index contributed by atoms with van der Waals surface area (Å²) in [6.45, 7) is 0. The van der Waals surface area contributed by atoms with E-state index in [0.29, 0.717) is 0 Å². The summed E-state index contributed by atoms with van der Waals surface area (Å²) in [7, 11) is 0. The summed E-state index contributed by atoms with van der Waals surface area (Å²) >= 11 is -2.34. The molecular weight excluding hydrogens is 389 g/mol. The summed E-state index contributed by atoms with van der Waals surface area (Å²) in [6.07, 6.45) is 1.11. The first-order valence-electron chi connectivity index (χ1n) is 7.94. The fourth-order valence-electron chi connectivity index (χ4n) is 2.81. The van der Waals surface area contributed by atoms with E-state index >= 15 is 0 Å². The molecule has 116 valence electrons. The normalized spacial score (nSPS) is 12.1. The van der Waals surface area contributed by atoms with Crippen molar-refractivity contribution in [1.82, 2.24) is 0 Å². The van der Waals surface area contributed by atoms with Gasteiger partial charge in [0.15, 0.2) is 0 Å². The quantitative estimate of drug-likeness (QED) is 0.555. The fourth-order valence-corrected chi connectivity index (χ4v) is 6.77. The van der Waals surface area contributed by atoms with Crippen LogP contribution in [0.15, 0.2) is 60.7 Å². The number of hydrogen-bond donors (Lipinski definition) is 0. The van der Waals surface area contributed by atoms with Crippen LogP contribution in [0.4, 0.5) is 0 Å². The van der Waals surface area contributed by atoms with Crippen molar-refractivity contribution in [3.05, 3.63) is 71.8 Å². The molecule has 0 aliphatic heterocycles. The van der Waals surface area contributed by atoms with Crippen molar-refractivity contribution in [2.24, 2.45) is 0 Å². The van der Waals surface area contributed by atoms with Gasteiger partial charge in [0, 0.05) is 0 Å². The van der Waals surface area contributed by atoms with Gasteiger partial charge in [0.25, 0.3) is 0 Å². The molecule has 0 aromatic heterocycles. The van der Waals surface area contributed by atoms with Crippen molar-refractivity contribution in [2.45, 2.75) is 40.3 Å². The van der Waals surface area contributed by atoms with Gasteiger partial charge in [0.1, 0.15) is 0 Å². The molecule has 0 amide bonds. The summed E-state index contributed by atoms with van der Waals surface area (Å²) in [5, 5.41) is 1.33. The summed E-state index contributed by atoms with van der Waals surface area (Å²) in [4.78, 5) is 0. The van der Waals surface area contributed by atoms with Gasteiger partial charge in [-0.25, -0.2) is 0 Å². The predicted octanol–water partition coefficient (Wildman–Crippen LogP) is 5.34. The van der Waals surface area contributed by atoms with Crippen molar-refractivity contribution in [3.8, 4) is 0 Å². The number of rotatable bonds is 7. The van der Waals surface area contributed by atoms with E-state index in [1.54, 1.807) is 0 Å². The molecule has 2 aromatic carbocycles. The van der Waals surface area contributed by atoms with Crippen LogP contribution in [-0.2, 0) is 9.36 Å². The van der Waals surface area contributed by atoms with Gasteiger partial charge in [-0.1, -0.05) is 0 Å². The molecule has 0 heterocycles. The molecule has 1 nitrogen and oxygen atoms in total. The van der Waals surface area contributed by atoms with Crippen LogP contribution < -0.4 is 0 Å². The second-order valence-electron chi connectivity index (χ2n) is 6.28. The van der Waals surface area contributed by atoms with Crippen LogP contribution >= 0.6 is 0 Å². The zero-order valence-electron chi connectivity index (χ0n) is 14.1. The molecule has 0 saturated heterocycles. The molecule has 0 atom stereocenters. The average molecular weight is 416 g/mol. The summed E-state index contributed by atoms with van der Waals surface area (Å²) in [5.74, 6) is 9.51. The first-order valence-corrected chi connectivity index (χ1v) is 18.7. The van der Waals surface area contributed by atoms with Crippen LogP contribution in [0.3, 0.4) is 0 Å². The van der Waals surface area contributed by atoms with Crippen LogP contribution in [0.1, 0.15) is 17.5 Å². The van der Waals surface area contributed by atoms with Crippen molar-refractivity contribution in [1.29, 1.82) is 0 Å². The van der Waals surface area contributed by atoms with Gasteiger partial charge in [-0.3, -0.25) is 0 Å². The SMILES string of the molecule is [CH3][Ge]([CH3])[CH2]CC([O][Ge]([CH3])[CH3])(c1ccccc1)c1ccccc1. The van der Waals surface area contributed by atoms with E-state index in [-0.39, 0.29) is 5.60 Å². The van der Waals surface area contributed by atoms with E-state index in [2.05, 4.69) is 83.7 Å². The molecule has 0 saturated carbocycles. The van der Waals surface area contributed by atoms with Gasteiger partial charge in [-0.2, -0.15) is 0 Å². The molecule has 2 aromatic rings. The third-order valence-electron chi connectivity index (χ3n) is 3.84. The van der Waals surface area contributed by atoms with Gasteiger partial charge in [-0.15, -0.1) is 0 Å². The van der Waals surface area contributed by atoms with E-state index < -0.39 is 29.0 Å². The first kappa shape index (κ1) is 17.8. The molecule has 0 unspecified atom stereocenters. The number of hydrogen-bond acceptors (Lipinski definition) is 1. The van der Waals surface area contributed by atoms with Crippen molar-refractivity contribution < 1.29 is 3.76 Å². The maximum atomic E-state index is 6.75. The fraction of sp³-hybridized carbons (Fsp3) is 0.368. The molecule has 22 heavy (non-hydrogen) atoms. The van der Waals surface area contributed by atoms with Gasteiger partial charge in [0.05, 0.1) is 0 Å². The Kier molecular flexibility index (Phi) is 6.78. The minimum atomic E-state index is -1.45. The third-order valence-corrected chi connectivity index (χ3v) is 8.05. The van der Waals surface area contributed by atoms with Crippen molar-refractivity contribution >= 4 is 29.0 Å². The molecule has 0 bridgehead atoms. The van der Waals surface area contributed by atoms with Crippen molar-refractivity contribution in [2.75, 3.05) is 0 Å². The summed E-state index contributed by atoms with van der Waals surface area (Å²) in [5.41, 5.74) is 2.38. The topological polar surface area (TPSA) is 9.23 Å². The first-order chi connectivity index (χ1) is 10.5. The van der Waals surface area contributed by atoms with Crippen LogP contribution in [0, 0.1) is 0 Å². The maximum absolute atomic E-state index is 6.75. The molecule has 3 heteroatoms. The molecule has 0 spiro atoms. The van der Waals surface area contributed by atoms with Crippen LogP contribution in [0.5, 0.6) is 0 Å². The Hall–Kier alpha value is -0.514. The average Bonchev–Trinajstić information content (AvgIpc) is 2.53. The Bertz CT molecular complexity index is 513. The van der Waals surface area contributed by atoms with E-state index in [4.69, 9.17) is 3.76 Å². The Balaban J connectivity index is 2.52. The number of benzene rings is 2. The summed E-state index contributed by atoms with van der Waals surface area (Å²) in [6, 6.07) is 21.7. The molecule has 0 aliphatic rings. The minimum absolute atomic E-state index is 0.244. The molecule has 0 N–H and O–H groups in total. The Morgan fingerprint density at radius 3 is 1.59 bits per heavy atom. The third kappa shape index (κ3) is 4.50. The zero-order chi connectivity index (χ0) is 16.0. The van der Waals surface area contributed by atoms with Gasteiger partial charge >= 0.3 is 145 Å². The van der Waals surface area contributed by atoms with E-state index in [0.717, 1.165) is 6.42 Å². The van der Waals surface area contributed by atoms with Crippen molar-refractivity contribution in [3.63, 3.8) is 0 Å². The Morgan fingerprint density at radius 1 is 0.773 bits per heavy atom.